The molecule has 1 aromatic heterocycles. The van der Waals surface area contributed by atoms with Crippen LogP contribution in [0.15, 0.2) is 60.8 Å². The fourth-order valence-corrected chi connectivity index (χ4v) is 4.73. The average Bonchev–Trinajstić information content (AvgIpc) is 3.31. The Labute approximate surface area is 216 Å². The molecule has 4 rings (SSSR count). The molecule has 1 aliphatic rings. The van der Waals surface area contributed by atoms with Crippen molar-refractivity contribution in [2.75, 3.05) is 20.2 Å². The fourth-order valence-electron chi connectivity index (χ4n) is 4.43. The minimum atomic E-state index is -4.43. The SMILES string of the molecule is COc1cc(C(=O)N2CC([C@@H](C)Oc3ccc(C(F)(F)F)cc3)[C@H](c3ccc(Cl)c(Cl)c3)C2)ccn1. The van der Waals surface area contributed by atoms with Gasteiger partial charge in [0.15, 0.2) is 0 Å². The van der Waals surface area contributed by atoms with E-state index in [2.05, 4.69) is 4.98 Å². The highest BCUT2D eigenvalue weighted by molar-refractivity contribution is 6.42. The molecule has 36 heavy (non-hydrogen) atoms. The normalized spacial score (nSPS) is 18.7. The number of ether oxygens (including phenoxy) is 2. The Hall–Kier alpha value is -2.97. The first-order valence-corrected chi connectivity index (χ1v) is 11.9. The molecule has 1 amide bonds. The molecule has 0 radical (unpaired) electrons. The van der Waals surface area contributed by atoms with E-state index in [1.54, 1.807) is 29.2 Å². The number of methoxy groups -OCH3 is 1. The third kappa shape index (κ3) is 5.71. The lowest BCUT2D eigenvalue weighted by atomic mass is 9.85. The lowest BCUT2D eigenvalue weighted by Gasteiger charge is -2.26. The van der Waals surface area contributed by atoms with Gasteiger partial charge in [0.1, 0.15) is 11.9 Å². The first-order chi connectivity index (χ1) is 17.1. The molecule has 0 N–H and O–H groups in total. The highest BCUT2D eigenvalue weighted by Crippen LogP contribution is 2.39. The number of hydrogen-bond donors (Lipinski definition) is 0. The van der Waals surface area contributed by atoms with Crippen LogP contribution < -0.4 is 9.47 Å². The largest absolute Gasteiger partial charge is 0.490 e. The van der Waals surface area contributed by atoms with Gasteiger partial charge in [-0.1, -0.05) is 29.3 Å². The first-order valence-electron chi connectivity index (χ1n) is 11.1. The number of nitrogens with zero attached hydrogens (tertiary/aromatic N) is 2. The van der Waals surface area contributed by atoms with Crippen molar-refractivity contribution in [3.05, 3.63) is 87.5 Å². The maximum atomic E-state index is 13.3. The van der Waals surface area contributed by atoms with Crippen molar-refractivity contribution in [3.63, 3.8) is 0 Å². The van der Waals surface area contributed by atoms with Gasteiger partial charge >= 0.3 is 6.18 Å². The van der Waals surface area contributed by atoms with E-state index in [0.717, 1.165) is 17.7 Å². The highest BCUT2D eigenvalue weighted by atomic mass is 35.5. The number of alkyl halides is 3. The van der Waals surface area contributed by atoms with E-state index in [-0.39, 0.29) is 17.7 Å². The second-order valence-electron chi connectivity index (χ2n) is 8.59. The van der Waals surface area contributed by atoms with Crippen molar-refractivity contribution in [2.45, 2.75) is 25.1 Å². The maximum Gasteiger partial charge on any atom is 0.416 e. The van der Waals surface area contributed by atoms with Crippen LogP contribution in [0.3, 0.4) is 0 Å². The molecule has 0 bridgehead atoms. The van der Waals surface area contributed by atoms with Crippen molar-refractivity contribution >= 4 is 29.1 Å². The molecule has 0 saturated carbocycles. The summed E-state index contributed by atoms with van der Waals surface area (Å²) in [6, 6.07) is 13.1. The van der Waals surface area contributed by atoms with Crippen LogP contribution in [-0.4, -0.2) is 42.1 Å². The maximum absolute atomic E-state index is 13.3. The third-order valence-electron chi connectivity index (χ3n) is 6.32. The molecule has 3 aromatic rings. The Morgan fingerprint density at radius 1 is 1.06 bits per heavy atom. The minimum Gasteiger partial charge on any atom is -0.490 e. The van der Waals surface area contributed by atoms with Crippen LogP contribution in [0.25, 0.3) is 0 Å². The van der Waals surface area contributed by atoms with Crippen LogP contribution in [0, 0.1) is 5.92 Å². The van der Waals surface area contributed by atoms with Crippen LogP contribution in [0.4, 0.5) is 13.2 Å². The monoisotopic (exact) mass is 538 g/mol. The highest BCUT2D eigenvalue weighted by Gasteiger charge is 2.40. The predicted octanol–water partition coefficient (Wildman–Crippen LogP) is 6.74. The van der Waals surface area contributed by atoms with Crippen LogP contribution in [-0.2, 0) is 6.18 Å². The molecule has 5 nitrogen and oxygen atoms in total. The minimum absolute atomic E-state index is 0.142. The number of hydrogen-bond acceptors (Lipinski definition) is 4. The van der Waals surface area contributed by atoms with Gasteiger partial charge in [-0.05, 0) is 55.0 Å². The summed E-state index contributed by atoms with van der Waals surface area (Å²) in [7, 11) is 1.48. The van der Waals surface area contributed by atoms with Gasteiger partial charge < -0.3 is 14.4 Å². The van der Waals surface area contributed by atoms with Gasteiger partial charge in [0.05, 0.1) is 22.7 Å². The van der Waals surface area contributed by atoms with Gasteiger partial charge in [-0.3, -0.25) is 4.79 Å². The van der Waals surface area contributed by atoms with Crippen LogP contribution >= 0.6 is 23.2 Å². The Bertz CT molecular complexity index is 1240. The standard InChI is InChI=1S/C26H23Cl2F3N2O3/c1-15(36-19-6-4-18(5-7-19)26(29,30)31)20-13-33(25(34)17-9-10-32-24(12-17)35-2)14-21(20)16-3-8-22(27)23(28)11-16/h3-12,15,20-21H,13-14H2,1-2H3/t15-,20?,21+/m1/s1. The molecule has 0 spiro atoms. The number of amides is 1. The zero-order valence-electron chi connectivity index (χ0n) is 19.4. The topological polar surface area (TPSA) is 51.7 Å². The second-order valence-corrected chi connectivity index (χ2v) is 9.40. The van der Waals surface area contributed by atoms with E-state index < -0.39 is 17.8 Å². The number of halogens is 5. The summed E-state index contributed by atoms with van der Waals surface area (Å²) in [5.41, 5.74) is 0.577. The summed E-state index contributed by atoms with van der Waals surface area (Å²) in [5, 5.41) is 0.814. The smallest absolute Gasteiger partial charge is 0.416 e. The van der Waals surface area contributed by atoms with Crippen LogP contribution in [0.2, 0.25) is 10.0 Å². The third-order valence-corrected chi connectivity index (χ3v) is 7.06. The number of benzene rings is 2. The second kappa shape index (κ2) is 10.6. The quantitative estimate of drug-likeness (QED) is 0.348. The van der Waals surface area contributed by atoms with Crippen molar-refractivity contribution in [1.29, 1.82) is 0 Å². The summed E-state index contributed by atoms with van der Waals surface area (Å²) >= 11 is 12.4. The molecule has 190 valence electrons. The van der Waals surface area contributed by atoms with Crippen molar-refractivity contribution < 1.29 is 27.4 Å². The van der Waals surface area contributed by atoms with Crippen LogP contribution in [0.1, 0.15) is 34.3 Å². The van der Waals surface area contributed by atoms with Gasteiger partial charge in [-0.2, -0.15) is 13.2 Å². The molecule has 0 aliphatic carbocycles. The molecule has 3 atom stereocenters. The van der Waals surface area contributed by atoms with E-state index in [4.69, 9.17) is 32.7 Å². The number of likely N-dealkylation sites (tertiary alicyclic amines) is 1. The predicted molar refractivity (Wildman–Crippen MR) is 131 cm³/mol. The van der Waals surface area contributed by atoms with E-state index in [1.807, 2.05) is 13.0 Å². The van der Waals surface area contributed by atoms with E-state index >= 15 is 0 Å². The number of rotatable bonds is 6. The first kappa shape index (κ1) is 26.1. The van der Waals surface area contributed by atoms with E-state index in [0.29, 0.717) is 40.3 Å². The van der Waals surface area contributed by atoms with Crippen molar-refractivity contribution in [3.8, 4) is 11.6 Å². The van der Waals surface area contributed by atoms with Gasteiger partial charge in [-0.25, -0.2) is 4.98 Å². The summed E-state index contributed by atoms with van der Waals surface area (Å²) < 4.78 is 50.0. The number of aromatic nitrogens is 1. The Kier molecular flexibility index (Phi) is 7.66. The summed E-state index contributed by atoms with van der Waals surface area (Å²) in [4.78, 5) is 19.1. The van der Waals surface area contributed by atoms with Gasteiger partial charge in [0.2, 0.25) is 5.88 Å². The van der Waals surface area contributed by atoms with Gasteiger partial charge in [0.25, 0.3) is 5.91 Å². The Morgan fingerprint density at radius 3 is 2.42 bits per heavy atom. The molecular formula is C26H23Cl2F3N2O3. The summed E-state index contributed by atoms with van der Waals surface area (Å²) in [6.45, 7) is 2.61. The number of pyridine rings is 1. The lowest BCUT2D eigenvalue weighted by Crippen LogP contribution is -2.32. The van der Waals surface area contributed by atoms with Crippen molar-refractivity contribution in [1.82, 2.24) is 9.88 Å². The van der Waals surface area contributed by atoms with Crippen LogP contribution in [0.5, 0.6) is 11.6 Å². The molecule has 1 fully saturated rings. The lowest BCUT2D eigenvalue weighted by molar-refractivity contribution is -0.137. The number of carbonyl (C=O) groups excluding carboxylic acids is 1. The molecule has 1 saturated heterocycles. The van der Waals surface area contributed by atoms with E-state index in [9.17, 15) is 18.0 Å². The van der Waals surface area contributed by atoms with Gasteiger partial charge in [-0.15, -0.1) is 0 Å². The molecule has 1 unspecified atom stereocenters. The Balaban J connectivity index is 1.59. The van der Waals surface area contributed by atoms with Gasteiger partial charge in [0, 0.05) is 42.8 Å². The Morgan fingerprint density at radius 2 is 1.78 bits per heavy atom. The fraction of sp³-hybridized carbons (Fsp3) is 0.308. The zero-order chi connectivity index (χ0) is 26.0. The number of carbonyl (C=O) groups is 1. The zero-order valence-corrected chi connectivity index (χ0v) is 20.9. The molecule has 2 heterocycles. The molecule has 10 heteroatoms. The molecule has 2 aromatic carbocycles. The van der Waals surface area contributed by atoms with E-state index in [1.165, 1.54) is 25.4 Å². The molecular weight excluding hydrogens is 516 g/mol. The molecule has 1 aliphatic heterocycles. The van der Waals surface area contributed by atoms with Crippen molar-refractivity contribution in [2.24, 2.45) is 5.92 Å². The average molecular weight is 539 g/mol. The summed E-state index contributed by atoms with van der Waals surface area (Å²) in [6.07, 6.45) is -3.34. The summed E-state index contributed by atoms with van der Waals surface area (Å²) in [5.74, 6) is 0.141.